The van der Waals surface area contributed by atoms with Gasteiger partial charge < -0.3 is 76.3 Å². The second-order valence-electron chi connectivity index (χ2n) is 21.9. The minimum absolute atomic E-state index is 0.00715. The molecule has 448 valence electrons. The first-order chi connectivity index (χ1) is 39.8. The van der Waals surface area contributed by atoms with Gasteiger partial charge >= 0.3 is 6.09 Å². The number of morpholine rings is 2. The monoisotopic (exact) mass is 1150 g/mol. The second kappa shape index (κ2) is 29.8. The Kier molecular flexibility index (Phi) is 22.5. The van der Waals surface area contributed by atoms with Crippen molar-refractivity contribution in [3.05, 3.63) is 96.1 Å². The molecule has 25 nitrogen and oxygen atoms in total. The maximum Gasteiger partial charge on any atom is 0.410 e. The van der Waals surface area contributed by atoms with Crippen molar-refractivity contribution in [2.75, 3.05) is 133 Å². The fourth-order valence-corrected chi connectivity index (χ4v) is 10.0. The number of ether oxygens (including phenoxy) is 3. The molecule has 0 bridgehead atoms. The molecule has 6 amide bonds. The molecule has 0 saturated carbocycles. The predicted octanol–water partition coefficient (Wildman–Crippen LogP) is 3.99. The zero-order chi connectivity index (χ0) is 59.6. The van der Waals surface area contributed by atoms with Crippen LogP contribution in [-0.2, 0) is 19.0 Å². The molecule has 2 aromatic heterocycles. The number of primary amides is 2. The van der Waals surface area contributed by atoms with Crippen molar-refractivity contribution in [2.45, 2.75) is 83.0 Å². The zero-order valence-electron chi connectivity index (χ0n) is 48.7. The molecule has 83 heavy (non-hydrogen) atoms. The first kappa shape index (κ1) is 62.6. The van der Waals surface area contributed by atoms with E-state index < -0.39 is 17.4 Å². The Bertz CT molecular complexity index is 2850. The Balaban J connectivity index is 0.000000193. The third-order valence-corrected chi connectivity index (χ3v) is 14.8. The molecule has 8 N–H and O–H groups in total. The lowest BCUT2D eigenvalue weighted by atomic mass is 10.0. The summed E-state index contributed by atoms with van der Waals surface area (Å²) < 4.78 is 15.9. The van der Waals surface area contributed by atoms with E-state index in [2.05, 4.69) is 52.7 Å². The quantitative estimate of drug-likeness (QED) is 0.0973. The molecule has 5 saturated heterocycles. The Labute approximate surface area is 485 Å². The summed E-state index contributed by atoms with van der Waals surface area (Å²) in [4.78, 5) is 102. The molecule has 7 heterocycles. The molecule has 0 unspecified atom stereocenters. The summed E-state index contributed by atoms with van der Waals surface area (Å²) in [6, 6.07) is 14.7. The van der Waals surface area contributed by atoms with Crippen LogP contribution >= 0.6 is 0 Å². The number of likely N-dealkylation sites (tertiary alicyclic amines) is 2. The average Bonchev–Trinajstić information content (AvgIpc) is 3.72. The maximum atomic E-state index is 12.7. The molecule has 0 spiro atoms. The summed E-state index contributed by atoms with van der Waals surface area (Å²) in [5, 5.41) is 12.8. The van der Waals surface area contributed by atoms with Crippen molar-refractivity contribution in [3.8, 4) is 0 Å². The summed E-state index contributed by atoms with van der Waals surface area (Å²) in [7, 11) is 5.79. The Morgan fingerprint density at radius 1 is 0.663 bits per heavy atom. The van der Waals surface area contributed by atoms with Crippen LogP contribution in [-0.4, -0.2) is 212 Å². The van der Waals surface area contributed by atoms with Crippen LogP contribution in [0.15, 0.2) is 73.6 Å². The van der Waals surface area contributed by atoms with E-state index in [1.165, 1.54) is 12.3 Å². The van der Waals surface area contributed by atoms with Gasteiger partial charge in [0.1, 0.15) is 17.2 Å². The van der Waals surface area contributed by atoms with Crippen LogP contribution in [0, 0.1) is 0 Å². The van der Waals surface area contributed by atoms with Crippen molar-refractivity contribution in [2.24, 2.45) is 11.5 Å². The molecule has 0 aliphatic carbocycles. The second-order valence-corrected chi connectivity index (χ2v) is 21.9. The molecule has 4 aromatic rings. The van der Waals surface area contributed by atoms with Gasteiger partial charge in [-0.25, -0.2) is 24.7 Å². The number of benzene rings is 2. The highest BCUT2D eigenvalue weighted by atomic mass is 16.6. The van der Waals surface area contributed by atoms with Crippen molar-refractivity contribution in [1.82, 2.24) is 50.2 Å². The average molecular weight is 1150 g/mol. The number of nitrogens with zero attached hydrogens (tertiary/aromatic N) is 10. The van der Waals surface area contributed by atoms with Crippen LogP contribution in [0.3, 0.4) is 0 Å². The van der Waals surface area contributed by atoms with Crippen molar-refractivity contribution < 1.29 is 43.0 Å². The van der Waals surface area contributed by atoms with Crippen LogP contribution in [0.4, 0.5) is 39.4 Å². The number of carbonyl (C=O) groups excluding carboxylic acids is 6. The minimum atomic E-state index is -0.710. The number of amides is 6. The smallest absolute Gasteiger partial charge is 0.410 e. The summed E-state index contributed by atoms with van der Waals surface area (Å²) in [5.41, 5.74) is 13.2. The van der Waals surface area contributed by atoms with E-state index in [1.807, 2.05) is 46.8 Å². The lowest BCUT2D eigenvalue weighted by molar-refractivity contribution is -0.127. The summed E-state index contributed by atoms with van der Waals surface area (Å²) in [6.45, 7) is 18.5. The van der Waals surface area contributed by atoms with Gasteiger partial charge in [-0.3, -0.25) is 24.0 Å². The van der Waals surface area contributed by atoms with Gasteiger partial charge in [0.2, 0.25) is 5.91 Å². The maximum absolute atomic E-state index is 12.7. The van der Waals surface area contributed by atoms with Gasteiger partial charge in [-0.1, -0.05) is 6.58 Å². The number of carbonyl (C=O) groups is 6. The molecular formula is C58H82N16O9. The molecule has 2 aromatic carbocycles. The standard InChI is InChI=1S/C25H31N7O4.C22H29N7O3.C11H22N2O2/c1-3-21(33)32-10-4-5-19(16-32)30(2)20-15-27-22(23(26)34)24(29-20)28-18-8-6-17(7-9-18)25(35)31-11-13-36-14-12-31;1-28(17-3-2-8-24-13-17)18-14-25-19(20(23)30)21(27-18)26-16-6-4-15(5-7-16)22(31)29-9-11-32-12-10-29;1-11(2,3)15-10(14)13-7-5-6-9(8-13)12-4/h3,6-9,15,19H,1,4-5,10-14,16H2,2H3,(H2,26,34)(H,28,29);4-7,14,17,24H,2-3,8-13H2,1H3,(H2,23,30)(H,26,27);9,12H,5-8H2,1-4H3/t19-;17-;9-/m111/s1. The summed E-state index contributed by atoms with van der Waals surface area (Å²) in [6.07, 6.45) is 10.3. The van der Waals surface area contributed by atoms with Crippen LogP contribution in [0.25, 0.3) is 0 Å². The highest BCUT2D eigenvalue weighted by Crippen LogP contribution is 2.27. The van der Waals surface area contributed by atoms with Crippen molar-refractivity contribution >= 4 is 70.3 Å². The Morgan fingerprint density at radius 3 is 1.58 bits per heavy atom. The van der Waals surface area contributed by atoms with Crippen LogP contribution in [0.2, 0.25) is 0 Å². The van der Waals surface area contributed by atoms with Crippen molar-refractivity contribution in [1.29, 1.82) is 0 Å². The van der Waals surface area contributed by atoms with E-state index in [1.54, 1.807) is 74.3 Å². The Hall–Kier alpha value is -8.00. The number of rotatable bonds is 14. The van der Waals surface area contributed by atoms with E-state index in [9.17, 15) is 28.8 Å². The Morgan fingerprint density at radius 2 is 1.13 bits per heavy atom. The predicted molar refractivity (Wildman–Crippen MR) is 316 cm³/mol. The van der Waals surface area contributed by atoms with Gasteiger partial charge in [-0.15, -0.1) is 0 Å². The van der Waals surface area contributed by atoms with E-state index >= 15 is 0 Å². The first-order valence-corrected chi connectivity index (χ1v) is 28.4. The van der Waals surface area contributed by atoms with Gasteiger partial charge in [0.05, 0.1) is 38.8 Å². The number of hydrogen-bond acceptors (Lipinski definition) is 19. The molecule has 9 rings (SSSR count). The number of nitrogens with two attached hydrogens (primary N) is 2. The van der Waals surface area contributed by atoms with E-state index in [0.29, 0.717) is 112 Å². The normalized spacial score (nSPS) is 19.1. The molecular weight excluding hydrogens is 1060 g/mol. The molecule has 0 radical (unpaired) electrons. The van der Waals surface area contributed by atoms with Gasteiger partial charge in [-0.05, 0) is 127 Å². The lowest BCUT2D eigenvalue weighted by Gasteiger charge is -2.37. The van der Waals surface area contributed by atoms with E-state index in [-0.39, 0.29) is 52.9 Å². The number of nitrogens with one attached hydrogen (secondary N) is 4. The number of piperidine rings is 3. The van der Waals surface area contributed by atoms with Crippen molar-refractivity contribution in [3.63, 3.8) is 0 Å². The van der Waals surface area contributed by atoms with Crippen LogP contribution in [0.5, 0.6) is 0 Å². The highest BCUT2D eigenvalue weighted by Gasteiger charge is 2.30. The summed E-state index contributed by atoms with van der Waals surface area (Å²) in [5.74, 6) is 0.161. The number of anilines is 6. The van der Waals surface area contributed by atoms with Gasteiger partial charge in [0, 0.05) is 114 Å². The fourth-order valence-electron chi connectivity index (χ4n) is 10.0. The molecule has 5 aliphatic heterocycles. The largest absolute Gasteiger partial charge is 0.444 e. The highest BCUT2D eigenvalue weighted by molar-refractivity contribution is 5.98. The van der Waals surface area contributed by atoms with E-state index in [4.69, 9.17) is 25.7 Å². The van der Waals surface area contributed by atoms with Gasteiger partial charge in [-0.2, -0.15) is 0 Å². The third kappa shape index (κ3) is 17.8. The molecule has 3 atom stereocenters. The number of hydrogen-bond donors (Lipinski definition) is 6. The minimum Gasteiger partial charge on any atom is -0.444 e. The number of likely N-dealkylation sites (N-methyl/N-ethyl adjacent to an activating group) is 3. The topological polar surface area (TPSA) is 301 Å². The molecule has 5 aliphatic rings. The molecule has 25 heteroatoms. The SMILES string of the molecule is C=CC(=O)N1CCC[C@@H](N(C)c2cnc(C(N)=O)c(Nc3ccc(C(=O)N4CCOCC4)cc3)n2)C1.CN(c1cnc(C(N)=O)c(Nc2ccc(C(=O)N3CCOCC3)cc2)n1)[C@@H]1CCCNC1.CN[C@@H]1CCCN(C(=O)OC(C)(C)C)C1. The third-order valence-electron chi connectivity index (χ3n) is 14.8. The lowest BCUT2D eigenvalue weighted by Crippen LogP contribution is -2.48. The van der Waals surface area contributed by atoms with Crippen LogP contribution in [0.1, 0.15) is 101 Å². The fraction of sp³-hybridized carbons (Fsp3) is 0.517. The van der Waals surface area contributed by atoms with E-state index in [0.717, 1.165) is 64.7 Å². The first-order valence-electron chi connectivity index (χ1n) is 28.4. The van der Waals surface area contributed by atoms with Gasteiger partial charge in [0.15, 0.2) is 23.0 Å². The number of aromatic nitrogens is 4. The molecule has 5 fully saturated rings. The zero-order valence-corrected chi connectivity index (χ0v) is 48.7. The van der Waals surface area contributed by atoms with Gasteiger partial charge in [0.25, 0.3) is 23.6 Å². The van der Waals surface area contributed by atoms with Crippen LogP contribution < -0.4 is 42.5 Å². The summed E-state index contributed by atoms with van der Waals surface area (Å²) >= 11 is 0.